The Hall–Kier alpha value is -0.820. The lowest BCUT2D eigenvalue weighted by molar-refractivity contribution is 0.304. The van der Waals surface area contributed by atoms with E-state index >= 15 is 0 Å². The van der Waals surface area contributed by atoms with Crippen LogP contribution in [0.4, 0.5) is 0 Å². The molecule has 0 aromatic heterocycles. The number of benzene rings is 1. The monoisotopic (exact) mass is 231 g/mol. The van der Waals surface area contributed by atoms with E-state index in [9.17, 15) is 0 Å². The molecule has 1 fully saturated rings. The van der Waals surface area contributed by atoms with Gasteiger partial charge in [-0.3, -0.25) is 0 Å². The molecule has 0 heterocycles. The van der Waals surface area contributed by atoms with Gasteiger partial charge in [-0.1, -0.05) is 30.3 Å². The number of nitrogens with one attached hydrogen (secondary N) is 1. The van der Waals surface area contributed by atoms with Crippen molar-refractivity contribution >= 4 is 0 Å². The summed E-state index contributed by atoms with van der Waals surface area (Å²) in [6.07, 6.45) is 8.43. The molecule has 0 aliphatic heterocycles. The summed E-state index contributed by atoms with van der Waals surface area (Å²) in [5.74, 6) is 1.82. The highest BCUT2D eigenvalue weighted by atomic mass is 14.8. The highest BCUT2D eigenvalue weighted by Gasteiger charge is 2.21. The topological polar surface area (TPSA) is 12.0 Å². The fourth-order valence-electron chi connectivity index (χ4n) is 3.08. The second-order valence-electron chi connectivity index (χ2n) is 5.37. The van der Waals surface area contributed by atoms with Crippen molar-refractivity contribution in [1.29, 1.82) is 0 Å². The maximum Gasteiger partial charge on any atom is -0.00518 e. The molecule has 0 saturated heterocycles. The largest absolute Gasteiger partial charge is 0.320 e. The van der Waals surface area contributed by atoms with Crippen molar-refractivity contribution in [3.63, 3.8) is 0 Å². The van der Waals surface area contributed by atoms with Gasteiger partial charge < -0.3 is 5.32 Å². The summed E-state index contributed by atoms with van der Waals surface area (Å²) in [5, 5.41) is 3.24. The summed E-state index contributed by atoms with van der Waals surface area (Å²) in [6.45, 7) is 1.18. The van der Waals surface area contributed by atoms with E-state index in [2.05, 4.69) is 35.6 Å². The summed E-state index contributed by atoms with van der Waals surface area (Å²) >= 11 is 0. The van der Waals surface area contributed by atoms with Crippen LogP contribution >= 0.6 is 0 Å². The minimum absolute atomic E-state index is 0.830. The van der Waals surface area contributed by atoms with E-state index in [-0.39, 0.29) is 0 Å². The molecule has 1 heteroatoms. The molecule has 1 nitrogen and oxygen atoms in total. The molecule has 0 bridgehead atoms. The van der Waals surface area contributed by atoms with Gasteiger partial charge in [0.05, 0.1) is 0 Å². The first-order valence-corrected chi connectivity index (χ1v) is 7.09. The van der Waals surface area contributed by atoms with Gasteiger partial charge in [-0.05, 0) is 69.5 Å². The second kappa shape index (κ2) is 6.80. The van der Waals surface area contributed by atoms with E-state index in [4.69, 9.17) is 0 Å². The van der Waals surface area contributed by atoms with E-state index in [1.807, 2.05) is 7.05 Å². The maximum atomic E-state index is 3.24. The second-order valence-corrected chi connectivity index (χ2v) is 5.37. The molecule has 1 aliphatic rings. The number of hydrogen-bond acceptors (Lipinski definition) is 1. The highest BCUT2D eigenvalue weighted by molar-refractivity contribution is 5.19. The van der Waals surface area contributed by atoms with E-state index in [1.54, 1.807) is 5.56 Å². The van der Waals surface area contributed by atoms with Crippen LogP contribution < -0.4 is 5.32 Å². The molecule has 1 N–H and O–H groups in total. The van der Waals surface area contributed by atoms with Crippen molar-refractivity contribution in [1.82, 2.24) is 5.32 Å². The van der Waals surface area contributed by atoms with E-state index < -0.39 is 0 Å². The van der Waals surface area contributed by atoms with Gasteiger partial charge in [-0.25, -0.2) is 0 Å². The quantitative estimate of drug-likeness (QED) is 0.756. The Kier molecular flexibility index (Phi) is 5.06. The third-order valence-electron chi connectivity index (χ3n) is 4.16. The molecule has 1 aromatic carbocycles. The smallest absolute Gasteiger partial charge is 0.00518 e. The zero-order valence-electron chi connectivity index (χ0n) is 11.0. The Labute approximate surface area is 106 Å². The van der Waals surface area contributed by atoms with Gasteiger partial charge in [0.15, 0.2) is 0 Å². The molecule has 94 valence electrons. The standard InChI is InChI=1S/C16H25N/c1-17-13-5-6-14-9-11-16(12-10-14)15-7-3-2-4-8-15/h2-4,7-8,14,16-17H,5-6,9-13H2,1H3. The number of rotatable bonds is 5. The molecule has 1 aromatic rings. The molecule has 1 aliphatic carbocycles. The van der Waals surface area contributed by atoms with Crippen LogP contribution in [0.5, 0.6) is 0 Å². The minimum Gasteiger partial charge on any atom is -0.320 e. The Balaban J connectivity index is 1.74. The Bertz CT molecular complexity index is 299. The van der Waals surface area contributed by atoms with Gasteiger partial charge in [0.25, 0.3) is 0 Å². The lowest BCUT2D eigenvalue weighted by Gasteiger charge is -2.28. The summed E-state index contributed by atoms with van der Waals surface area (Å²) in [4.78, 5) is 0. The predicted molar refractivity (Wildman–Crippen MR) is 74.3 cm³/mol. The average molecular weight is 231 g/mol. The SMILES string of the molecule is CNCCCC1CCC(c2ccccc2)CC1. The first kappa shape index (κ1) is 12.6. The molecule has 17 heavy (non-hydrogen) atoms. The van der Waals surface area contributed by atoms with Crippen LogP contribution in [0.15, 0.2) is 30.3 Å². The van der Waals surface area contributed by atoms with Crippen LogP contribution in [0.2, 0.25) is 0 Å². The van der Waals surface area contributed by atoms with Gasteiger partial charge in [-0.2, -0.15) is 0 Å². The molecule has 0 radical (unpaired) electrons. The van der Waals surface area contributed by atoms with E-state index in [0.717, 1.165) is 11.8 Å². The van der Waals surface area contributed by atoms with Crippen molar-refractivity contribution in [3.8, 4) is 0 Å². The van der Waals surface area contributed by atoms with Gasteiger partial charge in [0.1, 0.15) is 0 Å². The first-order chi connectivity index (χ1) is 8.40. The first-order valence-electron chi connectivity index (χ1n) is 7.09. The van der Waals surface area contributed by atoms with Crippen LogP contribution in [0, 0.1) is 5.92 Å². The van der Waals surface area contributed by atoms with Gasteiger partial charge in [0, 0.05) is 0 Å². The molecule has 0 amide bonds. The van der Waals surface area contributed by atoms with Gasteiger partial charge >= 0.3 is 0 Å². The fourth-order valence-corrected chi connectivity index (χ4v) is 3.08. The minimum atomic E-state index is 0.830. The van der Waals surface area contributed by atoms with Gasteiger partial charge in [0.2, 0.25) is 0 Å². The van der Waals surface area contributed by atoms with Crippen LogP contribution in [0.1, 0.15) is 50.0 Å². The van der Waals surface area contributed by atoms with E-state index in [1.165, 1.54) is 45.1 Å². The van der Waals surface area contributed by atoms with Crippen LogP contribution in [-0.2, 0) is 0 Å². The van der Waals surface area contributed by atoms with Crippen molar-refractivity contribution in [3.05, 3.63) is 35.9 Å². The lowest BCUT2D eigenvalue weighted by atomic mass is 9.77. The fraction of sp³-hybridized carbons (Fsp3) is 0.625. The Morgan fingerprint density at radius 2 is 1.76 bits per heavy atom. The maximum absolute atomic E-state index is 3.24. The zero-order valence-corrected chi connectivity index (χ0v) is 11.0. The molecule has 1 saturated carbocycles. The lowest BCUT2D eigenvalue weighted by Crippen LogP contribution is -2.15. The third kappa shape index (κ3) is 3.85. The van der Waals surface area contributed by atoms with Crippen molar-refractivity contribution in [2.24, 2.45) is 5.92 Å². The summed E-state index contributed by atoms with van der Waals surface area (Å²) < 4.78 is 0. The normalized spacial score (nSPS) is 24.8. The number of hydrogen-bond donors (Lipinski definition) is 1. The molecule has 2 rings (SSSR count). The molecular formula is C16H25N. The molecule has 0 spiro atoms. The van der Waals surface area contributed by atoms with Crippen LogP contribution in [0.25, 0.3) is 0 Å². The molecular weight excluding hydrogens is 206 g/mol. The van der Waals surface area contributed by atoms with Crippen molar-refractivity contribution in [2.45, 2.75) is 44.4 Å². The zero-order chi connectivity index (χ0) is 11.9. The summed E-state index contributed by atoms with van der Waals surface area (Å²) in [5.41, 5.74) is 1.56. The van der Waals surface area contributed by atoms with Gasteiger partial charge in [-0.15, -0.1) is 0 Å². The van der Waals surface area contributed by atoms with Crippen LogP contribution in [0.3, 0.4) is 0 Å². The Morgan fingerprint density at radius 3 is 2.41 bits per heavy atom. The third-order valence-corrected chi connectivity index (χ3v) is 4.16. The van der Waals surface area contributed by atoms with Crippen molar-refractivity contribution < 1.29 is 0 Å². The van der Waals surface area contributed by atoms with E-state index in [0.29, 0.717) is 0 Å². The average Bonchev–Trinajstić information content (AvgIpc) is 2.41. The summed E-state index contributed by atoms with van der Waals surface area (Å²) in [7, 11) is 2.05. The molecule has 0 unspecified atom stereocenters. The Morgan fingerprint density at radius 1 is 1.06 bits per heavy atom. The highest BCUT2D eigenvalue weighted by Crippen LogP contribution is 2.37. The predicted octanol–water partition coefficient (Wildman–Crippen LogP) is 3.96. The molecule has 0 atom stereocenters. The summed E-state index contributed by atoms with van der Waals surface area (Å²) in [6, 6.07) is 11.1. The van der Waals surface area contributed by atoms with Crippen LogP contribution in [-0.4, -0.2) is 13.6 Å². The van der Waals surface area contributed by atoms with Crippen molar-refractivity contribution in [2.75, 3.05) is 13.6 Å².